The topological polar surface area (TPSA) is 79.5 Å². The summed E-state index contributed by atoms with van der Waals surface area (Å²) < 4.78 is 0. The molecule has 2 amide bonds. The van der Waals surface area contributed by atoms with Gasteiger partial charge in [0, 0.05) is 11.3 Å². The van der Waals surface area contributed by atoms with Gasteiger partial charge in [-0.1, -0.05) is 12.1 Å². The highest BCUT2D eigenvalue weighted by molar-refractivity contribution is 6.07. The summed E-state index contributed by atoms with van der Waals surface area (Å²) in [6, 6.07) is 7.00. The van der Waals surface area contributed by atoms with Crippen LogP contribution in [-0.4, -0.2) is 17.8 Å². The zero-order valence-corrected chi connectivity index (χ0v) is 8.32. The molecule has 0 saturated carbocycles. The lowest BCUT2D eigenvalue weighted by atomic mass is 10.0. The van der Waals surface area contributed by atoms with Crippen molar-refractivity contribution >= 4 is 17.4 Å². The number of urea groups is 1. The van der Waals surface area contributed by atoms with E-state index < -0.39 is 0 Å². The van der Waals surface area contributed by atoms with E-state index in [1.807, 2.05) is 19.1 Å². The Hall–Kier alpha value is -2.04. The van der Waals surface area contributed by atoms with Crippen LogP contribution in [0.4, 0.5) is 10.5 Å². The van der Waals surface area contributed by atoms with Gasteiger partial charge in [-0.15, -0.1) is 0 Å². The van der Waals surface area contributed by atoms with Gasteiger partial charge < -0.3 is 11.1 Å². The van der Waals surface area contributed by atoms with Crippen molar-refractivity contribution in [3.63, 3.8) is 0 Å². The third-order valence-corrected chi connectivity index (χ3v) is 2.24. The van der Waals surface area contributed by atoms with Gasteiger partial charge in [0.1, 0.15) is 0 Å². The highest BCUT2D eigenvalue weighted by atomic mass is 16.2. The number of nitrogens with two attached hydrogens (primary N) is 1. The number of anilines is 1. The Bertz CT molecular complexity index is 410. The van der Waals surface area contributed by atoms with Crippen LogP contribution in [0.2, 0.25) is 0 Å². The number of nitrogens with zero attached hydrogens (tertiary/aromatic N) is 1. The quantitative estimate of drug-likeness (QED) is 0.588. The largest absolute Gasteiger partial charge is 0.399 e. The second-order valence-electron chi connectivity index (χ2n) is 3.43. The maximum atomic E-state index is 11.0. The summed E-state index contributed by atoms with van der Waals surface area (Å²) >= 11 is 0. The molecule has 0 saturated heterocycles. The van der Waals surface area contributed by atoms with E-state index in [2.05, 4.69) is 15.8 Å². The number of hydrazone groups is 1. The number of amides is 2. The van der Waals surface area contributed by atoms with Gasteiger partial charge in [-0.3, -0.25) is 0 Å². The van der Waals surface area contributed by atoms with Crippen molar-refractivity contribution in [1.29, 1.82) is 0 Å². The van der Waals surface area contributed by atoms with Crippen LogP contribution in [-0.2, 0) is 0 Å². The van der Waals surface area contributed by atoms with E-state index >= 15 is 0 Å². The molecular formula is C10H12N4O. The third-order valence-electron chi connectivity index (χ3n) is 2.24. The minimum Gasteiger partial charge on any atom is -0.399 e. The summed E-state index contributed by atoms with van der Waals surface area (Å²) in [5.74, 6) is 0. The average Bonchev–Trinajstić information content (AvgIpc) is 2.20. The Morgan fingerprint density at radius 2 is 2.00 bits per heavy atom. The van der Waals surface area contributed by atoms with E-state index in [-0.39, 0.29) is 12.1 Å². The highest BCUT2D eigenvalue weighted by Gasteiger charge is 2.19. The fourth-order valence-electron chi connectivity index (χ4n) is 1.47. The molecule has 5 heteroatoms. The number of nitrogen functional groups attached to an aromatic ring is 1. The van der Waals surface area contributed by atoms with Crippen molar-refractivity contribution in [3.05, 3.63) is 29.8 Å². The molecule has 15 heavy (non-hydrogen) atoms. The van der Waals surface area contributed by atoms with Gasteiger partial charge >= 0.3 is 6.03 Å². The first kappa shape index (κ1) is 9.51. The van der Waals surface area contributed by atoms with Crippen molar-refractivity contribution in [2.45, 2.75) is 13.0 Å². The van der Waals surface area contributed by atoms with E-state index in [0.29, 0.717) is 5.69 Å². The molecule has 1 aliphatic heterocycles. The lowest BCUT2D eigenvalue weighted by molar-refractivity contribution is 0.239. The van der Waals surface area contributed by atoms with Crippen LogP contribution >= 0.6 is 0 Å². The van der Waals surface area contributed by atoms with Crippen LogP contribution in [0.25, 0.3) is 0 Å². The van der Waals surface area contributed by atoms with Gasteiger partial charge in [0.05, 0.1) is 11.8 Å². The number of carbonyl (C=O) groups excluding carboxylic acids is 1. The van der Waals surface area contributed by atoms with E-state index in [4.69, 9.17) is 5.73 Å². The van der Waals surface area contributed by atoms with Crippen LogP contribution in [0.1, 0.15) is 12.5 Å². The third kappa shape index (κ3) is 1.90. The molecule has 0 aromatic heterocycles. The van der Waals surface area contributed by atoms with E-state index in [1.54, 1.807) is 12.1 Å². The molecular weight excluding hydrogens is 192 g/mol. The molecule has 5 nitrogen and oxygen atoms in total. The summed E-state index contributed by atoms with van der Waals surface area (Å²) in [6.45, 7) is 1.88. The number of carbonyl (C=O) groups is 1. The molecule has 1 aromatic carbocycles. The molecule has 2 rings (SSSR count). The molecule has 1 aromatic rings. The van der Waals surface area contributed by atoms with Crippen LogP contribution in [0.3, 0.4) is 0 Å². The van der Waals surface area contributed by atoms with Gasteiger partial charge in [0.25, 0.3) is 0 Å². The van der Waals surface area contributed by atoms with E-state index in [9.17, 15) is 4.79 Å². The maximum absolute atomic E-state index is 11.0. The van der Waals surface area contributed by atoms with E-state index in [0.717, 1.165) is 11.3 Å². The standard InChI is InChI=1S/C10H12N4O/c1-6-9(13-14-10(15)12-6)7-2-4-8(11)5-3-7/h2-6H,11H2,1H3,(H2,12,14,15). The van der Waals surface area contributed by atoms with Crippen molar-refractivity contribution in [2.75, 3.05) is 5.73 Å². The zero-order chi connectivity index (χ0) is 10.8. The molecule has 78 valence electrons. The molecule has 0 fully saturated rings. The fourth-order valence-corrected chi connectivity index (χ4v) is 1.47. The first-order chi connectivity index (χ1) is 7.16. The van der Waals surface area contributed by atoms with Crippen molar-refractivity contribution in [1.82, 2.24) is 10.7 Å². The monoisotopic (exact) mass is 204 g/mol. The SMILES string of the molecule is CC1NC(=O)NN=C1c1ccc(N)cc1. The van der Waals surface area contributed by atoms with Gasteiger partial charge in [0.2, 0.25) is 0 Å². The van der Waals surface area contributed by atoms with Gasteiger partial charge in [0.15, 0.2) is 0 Å². The van der Waals surface area contributed by atoms with E-state index in [1.165, 1.54) is 0 Å². The van der Waals surface area contributed by atoms with Crippen LogP contribution in [0.15, 0.2) is 29.4 Å². The molecule has 1 unspecified atom stereocenters. The summed E-state index contributed by atoms with van der Waals surface area (Å²) in [7, 11) is 0. The zero-order valence-electron chi connectivity index (χ0n) is 8.32. The number of hydrogen-bond acceptors (Lipinski definition) is 3. The molecule has 4 N–H and O–H groups in total. The first-order valence-corrected chi connectivity index (χ1v) is 4.67. The number of hydrogen-bond donors (Lipinski definition) is 3. The minimum absolute atomic E-state index is 0.0950. The van der Waals surface area contributed by atoms with Crippen molar-refractivity contribution < 1.29 is 4.79 Å². The summed E-state index contributed by atoms with van der Waals surface area (Å²) in [6.07, 6.45) is 0. The molecule has 0 aliphatic carbocycles. The van der Waals surface area contributed by atoms with Crippen LogP contribution < -0.4 is 16.5 Å². The highest BCUT2D eigenvalue weighted by Crippen LogP contribution is 2.10. The summed E-state index contributed by atoms with van der Waals surface area (Å²) in [4.78, 5) is 11.0. The first-order valence-electron chi connectivity index (χ1n) is 4.67. The molecule has 1 heterocycles. The van der Waals surface area contributed by atoms with Crippen LogP contribution in [0.5, 0.6) is 0 Å². The summed E-state index contributed by atoms with van der Waals surface area (Å²) in [5.41, 5.74) is 10.4. The van der Waals surface area contributed by atoms with Gasteiger partial charge in [-0.05, 0) is 19.1 Å². The minimum atomic E-state index is -0.276. The van der Waals surface area contributed by atoms with Crippen molar-refractivity contribution in [2.24, 2.45) is 5.10 Å². The normalized spacial score (nSPS) is 20.2. The Kier molecular flexibility index (Phi) is 2.29. The fraction of sp³-hybridized carbons (Fsp3) is 0.200. The maximum Gasteiger partial charge on any atom is 0.335 e. The smallest absolute Gasteiger partial charge is 0.335 e. The second kappa shape index (κ2) is 3.61. The second-order valence-corrected chi connectivity index (χ2v) is 3.43. The average molecular weight is 204 g/mol. The Morgan fingerprint density at radius 1 is 1.33 bits per heavy atom. The lowest BCUT2D eigenvalue weighted by Crippen LogP contribution is -2.48. The predicted octanol–water partition coefficient (Wildman–Crippen LogP) is 0.674. The van der Waals surface area contributed by atoms with Gasteiger partial charge in [-0.25, -0.2) is 10.2 Å². The van der Waals surface area contributed by atoms with Crippen molar-refractivity contribution in [3.8, 4) is 0 Å². The molecule has 1 aliphatic rings. The Balaban J connectivity index is 2.31. The molecule has 0 radical (unpaired) electrons. The van der Waals surface area contributed by atoms with Gasteiger partial charge in [-0.2, -0.15) is 5.10 Å². The Labute approximate surface area is 87.4 Å². The number of benzene rings is 1. The summed E-state index contributed by atoms with van der Waals surface area (Å²) in [5, 5.41) is 6.74. The number of rotatable bonds is 1. The Morgan fingerprint density at radius 3 is 2.60 bits per heavy atom. The molecule has 0 bridgehead atoms. The lowest BCUT2D eigenvalue weighted by Gasteiger charge is -2.21. The predicted molar refractivity (Wildman–Crippen MR) is 58.5 cm³/mol. The molecule has 1 atom stereocenters. The van der Waals surface area contributed by atoms with Crippen LogP contribution in [0, 0.1) is 0 Å². The number of nitrogens with one attached hydrogen (secondary N) is 2. The molecule has 0 spiro atoms.